The number of rotatable bonds is 4. The van der Waals surface area contributed by atoms with Crippen LogP contribution in [0.4, 0.5) is 11.4 Å². The summed E-state index contributed by atoms with van der Waals surface area (Å²) in [6.07, 6.45) is 1.92. The molecule has 20 heavy (non-hydrogen) atoms. The summed E-state index contributed by atoms with van der Waals surface area (Å²) >= 11 is 5.90. The van der Waals surface area contributed by atoms with E-state index < -0.39 is 0 Å². The first-order chi connectivity index (χ1) is 9.56. The Kier molecular flexibility index (Phi) is 5.23. The molecule has 1 heterocycles. The van der Waals surface area contributed by atoms with Crippen molar-refractivity contribution < 1.29 is 9.53 Å². The Hall–Kier alpha value is -1.30. The third-order valence-electron chi connectivity index (χ3n) is 3.50. The number of nitrogen functional groups attached to an aromatic ring is 1. The number of anilines is 2. The van der Waals surface area contributed by atoms with E-state index in [-0.39, 0.29) is 5.91 Å². The van der Waals surface area contributed by atoms with Gasteiger partial charge in [-0.25, -0.2) is 0 Å². The van der Waals surface area contributed by atoms with Crippen LogP contribution in [0, 0.1) is 0 Å². The molecule has 1 saturated heterocycles. The molecule has 0 unspecified atom stereocenters. The van der Waals surface area contributed by atoms with Crippen molar-refractivity contribution in [1.29, 1.82) is 0 Å². The van der Waals surface area contributed by atoms with Crippen LogP contribution < -0.4 is 11.1 Å². The maximum absolute atomic E-state index is 12.0. The van der Waals surface area contributed by atoms with Gasteiger partial charge >= 0.3 is 0 Å². The SMILES string of the molecule is CN(CC(=O)Nc1cc(Cl)ccc1N)C1CCOCC1. The average Bonchev–Trinajstić information content (AvgIpc) is 2.43. The van der Waals surface area contributed by atoms with Gasteiger partial charge in [-0.3, -0.25) is 9.69 Å². The van der Waals surface area contributed by atoms with Crippen LogP contribution in [0.25, 0.3) is 0 Å². The lowest BCUT2D eigenvalue weighted by molar-refractivity contribution is -0.117. The molecule has 5 nitrogen and oxygen atoms in total. The Balaban J connectivity index is 1.89. The van der Waals surface area contributed by atoms with Crippen molar-refractivity contribution in [2.75, 3.05) is 37.9 Å². The molecule has 0 radical (unpaired) electrons. The van der Waals surface area contributed by atoms with Gasteiger partial charge in [0.2, 0.25) is 5.91 Å². The van der Waals surface area contributed by atoms with Crippen LogP contribution in [-0.4, -0.2) is 43.7 Å². The molecule has 0 bridgehead atoms. The normalized spacial score (nSPS) is 16.4. The molecule has 0 aliphatic carbocycles. The number of nitrogens with two attached hydrogens (primary N) is 1. The second-order valence-electron chi connectivity index (χ2n) is 5.04. The number of nitrogens with one attached hydrogen (secondary N) is 1. The van der Waals surface area contributed by atoms with E-state index in [4.69, 9.17) is 22.1 Å². The number of hydrogen-bond donors (Lipinski definition) is 2. The van der Waals surface area contributed by atoms with Gasteiger partial charge in [-0.15, -0.1) is 0 Å². The Bertz CT molecular complexity index is 475. The Labute approximate surface area is 124 Å². The van der Waals surface area contributed by atoms with Gasteiger partial charge in [-0.2, -0.15) is 0 Å². The number of benzene rings is 1. The van der Waals surface area contributed by atoms with Gasteiger partial charge in [0, 0.05) is 24.3 Å². The summed E-state index contributed by atoms with van der Waals surface area (Å²) in [6.45, 7) is 1.85. The molecule has 1 aromatic carbocycles. The zero-order chi connectivity index (χ0) is 14.5. The van der Waals surface area contributed by atoms with E-state index in [0.29, 0.717) is 29.0 Å². The monoisotopic (exact) mass is 297 g/mol. The topological polar surface area (TPSA) is 67.6 Å². The fourth-order valence-corrected chi connectivity index (χ4v) is 2.48. The predicted molar refractivity (Wildman–Crippen MR) is 81.0 cm³/mol. The minimum Gasteiger partial charge on any atom is -0.397 e. The zero-order valence-corrected chi connectivity index (χ0v) is 12.3. The lowest BCUT2D eigenvalue weighted by atomic mass is 10.1. The summed E-state index contributed by atoms with van der Waals surface area (Å²) in [7, 11) is 1.96. The van der Waals surface area contributed by atoms with Crippen molar-refractivity contribution in [3.63, 3.8) is 0 Å². The smallest absolute Gasteiger partial charge is 0.238 e. The Morgan fingerprint density at radius 3 is 2.90 bits per heavy atom. The molecule has 1 amide bonds. The molecular formula is C14H20ClN3O2. The van der Waals surface area contributed by atoms with Gasteiger partial charge in [0.1, 0.15) is 0 Å². The Morgan fingerprint density at radius 2 is 2.20 bits per heavy atom. The van der Waals surface area contributed by atoms with Gasteiger partial charge < -0.3 is 15.8 Å². The molecule has 2 rings (SSSR count). The fourth-order valence-electron chi connectivity index (χ4n) is 2.31. The fraction of sp³-hybridized carbons (Fsp3) is 0.500. The summed E-state index contributed by atoms with van der Waals surface area (Å²) in [5.74, 6) is -0.0899. The van der Waals surface area contributed by atoms with E-state index in [0.717, 1.165) is 26.1 Å². The van der Waals surface area contributed by atoms with Crippen molar-refractivity contribution in [2.45, 2.75) is 18.9 Å². The van der Waals surface area contributed by atoms with E-state index in [9.17, 15) is 4.79 Å². The largest absolute Gasteiger partial charge is 0.397 e. The molecule has 1 aliphatic heterocycles. The molecule has 1 fully saturated rings. The van der Waals surface area contributed by atoms with Crippen molar-refractivity contribution in [2.24, 2.45) is 0 Å². The van der Waals surface area contributed by atoms with Gasteiger partial charge in [0.15, 0.2) is 0 Å². The van der Waals surface area contributed by atoms with E-state index in [1.165, 1.54) is 0 Å². The molecular weight excluding hydrogens is 278 g/mol. The Morgan fingerprint density at radius 1 is 1.50 bits per heavy atom. The van der Waals surface area contributed by atoms with Crippen LogP contribution in [0.2, 0.25) is 5.02 Å². The maximum Gasteiger partial charge on any atom is 0.238 e. The van der Waals surface area contributed by atoms with E-state index in [1.807, 2.05) is 7.05 Å². The first kappa shape index (κ1) is 15.1. The minimum atomic E-state index is -0.0899. The zero-order valence-electron chi connectivity index (χ0n) is 11.6. The number of ether oxygens (including phenoxy) is 1. The van der Waals surface area contributed by atoms with E-state index in [1.54, 1.807) is 18.2 Å². The molecule has 0 atom stereocenters. The molecule has 1 aliphatic rings. The summed E-state index contributed by atoms with van der Waals surface area (Å²) in [5, 5.41) is 3.35. The van der Waals surface area contributed by atoms with Gasteiger partial charge in [0.25, 0.3) is 0 Å². The minimum absolute atomic E-state index is 0.0899. The van der Waals surface area contributed by atoms with E-state index >= 15 is 0 Å². The lowest BCUT2D eigenvalue weighted by Crippen LogP contribution is -2.41. The number of carbonyl (C=O) groups is 1. The van der Waals surface area contributed by atoms with Gasteiger partial charge in [-0.05, 0) is 38.1 Å². The highest BCUT2D eigenvalue weighted by Crippen LogP contribution is 2.23. The van der Waals surface area contributed by atoms with Crippen molar-refractivity contribution in [3.8, 4) is 0 Å². The van der Waals surface area contributed by atoms with Crippen LogP contribution in [0.3, 0.4) is 0 Å². The molecule has 0 aromatic heterocycles. The number of nitrogens with zero attached hydrogens (tertiary/aromatic N) is 1. The van der Waals surface area contributed by atoms with Crippen LogP contribution in [0.5, 0.6) is 0 Å². The number of carbonyl (C=O) groups excluding carboxylic acids is 1. The van der Waals surface area contributed by atoms with E-state index in [2.05, 4.69) is 10.2 Å². The number of hydrogen-bond acceptors (Lipinski definition) is 4. The van der Waals surface area contributed by atoms with Gasteiger partial charge in [0.05, 0.1) is 17.9 Å². The highest BCUT2D eigenvalue weighted by atomic mass is 35.5. The first-order valence-electron chi connectivity index (χ1n) is 6.69. The third-order valence-corrected chi connectivity index (χ3v) is 3.73. The van der Waals surface area contributed by atoms with Crippen LogP contribution in [0.15, 0.2) is 18.2 Å². The third kappa shape index (κ3) is 4.10. The predicted octanol–water partition coefficient (Wildman–Crippen LogP) is 1.97. The molecule has 0 spiro atoms. The second kappa shape index (κ2) is 6.92. The highest BCUT2D eigenvalue weighted by Gasteiger charge is 2.20. The standard InChI is InChI=1S/C14H20ClN3O2/c1-18(11-4-6-20-7-5-11)9-14(19)17-13-8-10(15)2-3-12(13)16/h2-3,8,11H,4-7,9,16H2,1H3,(H,17,19). The summed E-state index contributed by atoms with van der Waals surface area (Å²) < 4.78 is 5.32. The molecule has 1 aromatic rings. The number of halogens is 1. The van der Waals surface area contributed by atoms with Crippen molar-refractivity contribution in [1.82, 2.24) is 4.90 Å². The van der Waals surface area contributed by atoms with Gasteiger partial charge in [-0.1, -0.05) is 11.6 Å². The molecule has 0 saturated carbocycles. The van der Waals surface area contributed by atoms with Crippen molar-refractivity contribution >= 4 is 28.9 Å². The van der Waals surface area contributed by atoms with Crippen LogP contribution in [-0.2, 0) is 9.53 Å². The van der Waals surface area contributed by atoms with Crippen LogP contribution >= 0.6 is 11.6 Å². The highest BCUT2D eigenvalue weighted by molar-refractivity contribution is 6.31. The summed E-state index contributed by atoms with van der Waals surface area (Å²) in [4.78, 5) is 14.1. The maximum atomic E-state index is 12.0. The quantitative estimate of drug-likeness (QED) is 0.834. The summed E-state index contributed by atoms with van der Waals surface area (Å²) in [6, 6.07) is 5.43. The van der Waals surface area contributed by atoms with Crippen molar-refractivity contribution in [3.05, 3.63) is 23.2 Å². The lowest BCUT2D eigenvalue weighted by Gasteiger charge is -2.30. The molecule has 6 heteroatoms. The second-order valence-corrected chi connectivity index (χ2v) is 5.47. The molecule has 110 valence electrons. The molecule has 3 N–H and O–H groups in total. The van der Waals surface area contributed by atoms with Crippen LogP contribution in [0.1, 0.15) is 12.8 Å². The summed E-state index contributed by atoms with van der Waals surface area (Å²) in [5.41, 5.74) is 6.88. The first-order valence-corrected chi connectivity index (χ1v) is 7.07. The number of amides is 1. The number of likely N-dealkylation sites (N-methyl/N-ethyl adjacent to an activating group) is 1. The average molecular weight is 298 g/mol.